The molecule has 6 nitrogen and oxygen atoms in total. The Hall–Kier alpha value is -3.28. The summed E-state index contributed by atoms with van der Waals surface area (Å²) in [5.74, 6) is 1.41. The minimum atomic E-state index is 0.385. The molecule has 0 radical (unpaired) electrons. The first-order valence-electron chi connectivity index (χ1n) is 11.2. The number of aromatic amines is 1. The Labute approximate surface area is 193 Å². The third-order valence-electron chi connectivity index (χ3n) is 5.03. The molecule has 1 saturated carbocycles. The summed E-state index contributed by atoms with van der Waals surface area (Å²) < 4.78 is 5.45. The van der Waals surface area contributed by atoms with Gasteiger partial charge in [0.1, 0.15) is 5.75 Å². The van der Waals surface area contributed by atoms with Gasteiger partial charge in [-0.2, -0.15) is 5.10 Å². The van der Waals surface area contributed by atoms with Crippen molar-refractivity contribution in [3.8, 4) is 5.75 Å². The van der Waals surface area contributed by atoms with Crippen LogP contribution in [-0.2, 0) is 0 Å². The predicted octanol–water partition coefficient (Wildman–Crippen LogP) is 5.97. The number of H-pyrrole nitrogens is 1. The van der Waals surface area contributed by atoms with E-state index in [0.717, 1.165) is 29.9 Å². The highest BCUT2D eigenvalue weighted by molar-refractivity contribution is 5.90. The van der Waals surface area contributed by atoms with Crippen LogP contribution < -0.4 is 15.8 Å². The van der Waals surface area contributed by atoms with Crippen LogP contribution in [0.3, 0.4) is 0 Å². The van der Waals surface area contributed by atoms with Crippen molar-refractivity contribution in [2.75, 3.05) is 12.8 Å². The minimum Gasteiger partial charge on any atom is -0.496 e. The van der Waals surface area contributed by atoms with Gasteiger partial charge in [0.25, 0.3) is 0 Å². The maximum absolute atomic E-state index is 6.18. The van der Waals surface area contributed by atoms with Crippen LogP contribution in [-0.4, -0.2) is 29.6 Å². The summed E-state index contributed by atoms with van der Waals surface area (Å²) >= 11 is 0. The first-order valence-corrected chi connectivity index (χ1v) is 11.2. The predicted molar refractivity (Wildman–Crippen MR) is 138 cm³/mol. The van der Waals surface area contributed by atoms with E-state index in [9.17, 15) is 0 Å². The van der Waals surface area contributed by atoms with Crippen LogP contribution in [0.5, 0.6) is 5.75 Å². The molecule has 0 amide bonds. The van der Waals surface area contributed by atoms with Crippen LogP contribution >= 0.6 is 0 Å². The van der Waals surface area contributed by atoms with E-state index in [1.807, 2.05) is 38.3 Å². The lowest BCUT2D eigenvalue weighted by Gasteiger charge is -2.23. The van der Waals surface area contributed by atoms with Gasteiger partial charge in [-0.3, -0.25) is 10.1 Å². The zero-order chi connectivity index (χ0) is 23.9. The third-order valence-corrected chi connectivity index (χ3v) is 5.03. The van der Waals surface area contributed by atoms with Crippen LogP contribution in [0.15, 0.2) is 67.1 Å². The highest BCUT2D eigenvalue weighted by Crippen LogP contribution is 2.30. The van der Waals surface area contributed by atoms with Crippen molar-refractivity contribution in [3.63, 3.8) is 0 Å². The fourth-order valence-electron chi connectivity index (χ4n) is 3.38. The van der Waals surface area contributed by atoms with Crippen LogP contribution in [0.1, 0.15) is 57.6 Å². The Morgan fingerprint density at radius 1 is 1.31 bits per heavy atom. The van der Waals surface area contributed by atoms with Crippen molar-refractivity contribution in [1.29, 1.82) is 0 Å². The van der Waals surface area contributed by atoms with Gasteiger partial charge in [-0.05, 0) is 37.0 Å². The molecule has 174 valence electrons. The number of ether oxygens (including phenoxy) is 1. The van der Waals surface area contributed by atoms with Gasteiger partial charge < -0.3 is 15.8 Å². The maximum Gasteiger partial charge on any atom is 0.130 e. The van der Waals surface area contributed by atoms with Gasteiger partial charge in [-0.1, -0.05) is 53.3 Å². The molecule has 6 heteroatoms. The number of aromatic nitrogens is 2. The average Bonchev–Trinajstić information content (AvgIpc) is 3.39. The second-order valence-corrected chi connectivity index (χ2v) is 7.48. The summed E-state index contributed by atoms with van der Waals surface area (Å²) in [6.45, 7) is 17.9. The van der Waals surface area contributed by atoms with Crippen LogP contribution in [0.25, 0.3) is 5.70 Å². The monoisotopic (exact) mass is 437 g/mol. The maximum atomic E-state index is 6.18. The zero-order valence-corrected chi connectivity index (χ0v) is 20.0. The largest absolute Gasteiger partial charge is 0.496 e. The molecular weight excluding hydrogens is 398 g/mol. The standard InChI is InChI=1S/C21H29N3O.C3H4N2.C2H6/c1-6-15(3)24-16(4)19-11-17(20(22)12-21(19)25-5)13-23-18-9-7-8-14(2)10-18;1-2-4-5-3-1;1-2/h6,11-14,18,24H,1,3-4,7-10,22H2,2,5H3;1-3H,(H,4,5);1-2H3. The summed E-state index contributed by atoms with van der Waals surface area (Å²) in [6, 6.07) is 5.98. The number of nitrogens with two attached hydrogens (primary N) is 1. The molecule has 0 spiro atoms. The van der Waals surface area contributed by atoms with Gasteiger partial charge in [0.2, 0.25) is 0 Å². The number of aliphatic imine (C=N–C) groups is 1. The molecule has 1 aliphatic rings. The number of nitrogens with one attached hydrogen (secondary N) is 2. The van der Waals surface area contributed by atoms with E-state index in [4.69, 9.17) is 15.5 Å². The zero-order valence-electron chi connectivity index (χ0n) is 20.0. The first kappa shape index (κ1) is 26.8. The van der Waals surface area contributed by atoms with Crippen molar-refractivity contribution in [3.05, 3.63) is 73.2 Å². The molecular formula is C26H39N5O. The van der Waals surface area contributed by atoms with Gasteiger partial charge in [0, 0.05) is 52.9 Å². The van der Waals surface area contributed by atoms with Gasteiger partial charge in [0.15, 0.2) is 0 Å². The van der Waals surface area contributed by atoms with E-state index in [1.165, 1.54) is 12.8 Å². The Balaban J connectivity index is 0.000000629. The topological polar surface area (TPSA) is 88.3 Å². The molecule has 1 fully saturated rings. The van der Waals surface area contributed by atoms with Crippen molar-refractivity contribution in [2.24, 2.45) is 10.9 Å². The van der Waals surface area contributed by atoms with Crippen molar-refractivity contribution in [2.45, 2.75) is 52.5 Å². The fraction of sp³-hybridized carbons (Fsp3) is 0.385. The number of nitrogens with zero attached hydrogens (tertiary/aromatic N) is 2. The van der Waals surface area contributed by atoms with Gasteiger partial charge >= 0.3 is 0 Å². The smallest absolute Gasteiger partial charge is 0.130 e. The highest BCUT2D eigenvalue weighted by Gasteiger charge is 2.17. The second kappa shape index (κ2) is 14.7. The Bertz CT molecular complexity index is 853. The molecule has 1 aromatic heterocycles. The molecule has 3 rings (SSSR count). The quantitative estimate of drug-likeness (QED) is 0.283. The summed E-state index contributed by atoms with van der Waals surface area (Å²) in [7, 11) is 1.62. The number of rotatable bonds is 7. The van der Waals surface area contributed by atoms with E-state index in [2.05, 4.69) is 42.2 Å². The lowest BCUT2D eigenvalue weighted by atomic mass is 9.87. The number of methoxy groups -OCH3 is 1. The van der Waals surface area contributed by atoms with Crippen LogP contribution in [0, 0.1) is 5.92 Å². The van der Waals surface area contributed by atoms with Crippen LogP contribution in [0.4, 0.5) is 5.69 Å². The molecule has 32 heavy (non-hydrogen) atoms. The normalized spacial score (nSPS) is 17.2. The lowest BCUT2D eigenvalue weighted by molar-refractivity contribution is 0.346. The van der Waals surface area contributed by atoms with Crippen molar-refractivity contribution < 1.29 is 4.74 Å². The molecule has 2 aromatic rings. The SMILES string of the molecule is C=CC(=C)NC(=C)c1cc(C=NC2CCCC(C)C2)c(N)cc1OC.CC.c1cn[nH]c1. The molecule has 1 heterocycles. The molecule has 0 aliphatic heterocycles. The van der Waals surface area contributed by atoms with Crippen molar-refractivity contribution in [1.82, 2.24) is 15.5 Å². The molecule has 1 aromatic carbocycles. The number of nitrogen functional groups attached to an aromatic ring is 1. The molecule has 1 aliphatic carbocycles. The number of benzene rings is 1. The Morgan fingerprint density at radius 3 is 2.59 bits per heavy atom. The molecule has 0 bridgehead atoms. The molecule has 4 N–H and O–H groups in total. The first-order chi connectivity index (χ1) is 15.4. The third kappa shape index (κ3) is 8.84. The second-order valence-electron chi connectivity index (χ2n) is 7.48. The fourth-order valence-corrected chi connectivity index (χ4v) is 3.38. The van der Waals surface area contributed by atoms with E-state index in [0.29, 0.717) is 28.9 Å². The van der Waals surface area contributed by atoms with E-state index >= 15 is 0 Å². The number of hydrogen-bond acceptors (Lipinski definition) is 5. The Kier molecular flexibility index (Phi) is 12.3. The highest BCUT2D eigenvalue weighted by atomic mass is 16.5. The summed E-state index contributed by atoms with van der Waals surface area (Å²) in [5, 5.41) is 9.31. The Morgan fingerprint density at radius 2 is 2.06 bits per heavy atom. The van der Waals surface area contributed by atoms with Crippen LogP contribution in [0.2, 0.25) is 0 Å². The average molecular weight is 438 g/mol. The van der Waals surface area contributed by atoms with E-state index < -0.39 is 0 Å². The summed E-state index contributed by atoms with van der Waals surface area (Å²) in [6.07, 6.45) is 11.8. The van der Waals surface area contributed by atoms with E-state index in [1.54, 1.807) is 25.6 Å². The number of anilines is 1. The minimum absolute atomic E-state index is 0.385. The van der Waals surface area contributed by atoms with Crippen molar-refractivity contribution >= 4 is 17.6 Å². The number of hydrogen-bond donors (Lipinski definition) is 3. The van der Waals surface area contributed by atoms with Gasteiger partial charge in [0.05, 0.1) is 13.2 Å². The summed E-state index contributed by atoms with van der Waals surface area (Å²) in [5.41, 5.74) is 9.89. The van der Waals surface area contributed by atoms with Gasteiger partial charge in [-0.15, -0.1) is 0 Å². The van der Waals surface area contributed by atoms with E-state index in [-0.39, 0.29) is 0 Å². The van der Waals surface area contributed by atoms with Gasteiger partial charge in [-0.25, -0.2) is 0 Å². The summed E-state index contributed by atoms with van der Waals surface area (Å²) in [4.78, 5) is 4.77. The number of allylic oxidation sites excluding steroid dienone is 1. The molecule has 2 unspecified atom stereocenters. The lowest BCUT2D eigenvalue weighted by Crippen LogP contribution is -2.16. The molecule has 2 atom stereocenters. The molecule has 0 saturated heterocycles.